The Labute approximate surface area is 118 Å². The first-order chi connectivity index (χ1) is 8.99. The van der Waals surface area contributed by atoms with Gasteiger partial charge in [-0.3, -0.25) is 4.79 Å². The molecule has 3 nitrogen and oxygen atoms in total. The van der Waals surface area contributed by atoms with E-state index in [1.54, 1.807) is 6.07 Å². The van der Waals surface area contributed by atoms with Gasteiger partial charge < -0.3 is 11.1 Å². The fourth-order valence-corrected chi connectivity index (χ4v) is 2.24. The van der Waals surface area contributed by atoms with Crippen molar-refractivity contribution in [2.24, 2.45) is 0 Å². The van der Waals surface area contributed by atoms with Gasteiger partial charge in [0.2, 0.25) is 0 Å². The average Bonchev–Trinajstić information content (AvgIpc) is 2.36. The van der Waals surface area contributed by atoms with Crippen LogP contribution in [0, 0.1) is 12.7 Å². The Balaban J connectivity index is 2.28. The quantitative estimate of drug-likeness (QED) is 0.828. The van der Waals surface area contributed by atoms with Crippen molar-refractivity contribution < 1.29 is 9.18 Å². The molecular formula is C14H12BrFN2O. The molecule has 0 saturated heterocycles. The number of carbonyl (C=O) groups excluding carboxylic acids is 1. The summed E-state index contributed by atoms with van der Waals surface area (Å²) in [6, 6.07) is 9.67. The van der Waals surface area contributed by atoms with Crippen LogP contribution in [-0.4, -0.2) is 5.91 Å². The first-order valence-electron chi connectivity index (χ1n) is 5.60. The van der Waals surface area contributed by atoms with E-state index in [1.807, 2.05) is 19.1 Å². The van der Waals surface area contributed by atoms with Gasteiger partial charge in [0.1, 0.15) is 5.82 Å². The average molecular weight is 323 g/mol. The highest BCUT2D eigenvalue weighted by Gasteiger charge is 2.13. The van der Waals surface area contributed by atoms with Crippen molar-refractivity contribution in [1.82, 2.24) is 0 Å². The summed E-state index contributed by atoms with van der Waals surface area (Å²) in [6.45, 7) is 1.95. The third kappa shape index (κ3) is 2.93. The summed E-state index contributed by atoms with van der Waals surface area (Å²) in [7, 11) is 0. The topological polar surface area (TPSA) is 55.1 Å². The molecule has 0 aromatic heterocycles. The van der Waals surface area contributed by atoms with Gasteiger partial charge in [-0.05, 0) is 52.7 Å². The molecule has 2 aromatic carbocycles. The van der Waals surface area contributed by atoms with Gasteiger partial charge in [0.15, 0.2) is 0 Å². The molecule has 0 bridgehead atoms. The second-order valence-corrected chi connectivity index (χ2v) is 4.99. The molecular weight excluding hydrogens is 311 g/mol. The van der Waals surface area contributed by atoms with Crippen molar-refractivity contribution in [2.75, 3.05) is 11.1 Å². The molecule has 98 valence electrons. The van der Waals surface area contributed by atoms with Gasteiger partial charge in [0, 0.05) is 4.47 Å². The normalized spacial score (nSPS) is 10.3. The van der Waals surface area contributed by atoms with Crippen LogP contribution >= 0.6 is 15.9 Å². The third-order valence-corrected chi connectivity index (χ3v) is 3.33. The number of nitrogens with one attached hydrogen (secondary N) is 1. The Morgan fingerprint density at radius 3 is 2.74 bits per heavy atom. The van der Waals surface area contributed by atoms with Crippen molar-refractivity contribution in [3.8, 4) is 0 Å². The highest BCUT2D eigenvalue weighted by atomic mass is 79.9. The molecule has 5 heteroatoms. The monoisotopic (exact) mass is 322 g/mol. The predicted octanol–water partition coefficient (Wildman–Crippen LogP) is 3.73. The summed E-state index contributed by atoms with van der Waals surface area (Å²) in [5.41, 5.74) is 7.20. The minimum atomic E-state index is -0.601. The lowest BCUT2D eigenvalue weighted by Gasteiger charge is -2.10. The Morgan fingerprint density at radius 1 is 1.32 bits per heavy atom. The lowest BCUT2D eigenvalue weighted by Crippen LogP contribution is -2.15. The molecule has 2 aromatic rings. The van der Waals surface area contributed by atoms with E-state index in [9.17, 15) is 9.18 Å². The Kier molecular flexibility index (Phi) is 3.85. The zero-order chi connectivity index (χ0) is 14.0. The van der Waals surface area contributed by atoms with Crippen molar-refractivity contribution in [3.63, 3.8) is 0 Å². The molecule has 0 fully saturated rings. The maximum absolute atomic E-state index is 13.3. The van der Waals surface area contributed by atoms with Crippen molar-refractivity contribution in [3.05, 3.63) is 57.8 Å². The number of aryl methyl sites for hydroxylation is 1. The minimum Gasteiger partial charge on any atom is -0.396 e. The first kappa shape index (κ1) is 13.5. The van der Waals surface area contributed by atoms with Crippen LogP contribution in [0.1, 0.15) is 15.9 Å². The molecule has 0 spiro atoms. The summed E-state index contributed by atoms with van der Waals surface area (Å²) in [6.07, 6.45) is 0. The van der Waals surface area contributed by atoms with Gasteiger partial charge in [0.05, 0.1) is 16.9 Å². The SMILES string of the molecule is Cc1ccc(NC(=O)c2cccc(F)c2N)c(Br)c1. The Bertz CT molecular complexity index is 643. The molecule has 0 saturated carbocycles. The van der Waals surface area contributed by atoms with E-state index in [-0.39, 0.29) is 11.3 Å². The summed E-state index contributed by atoms with van der Waals surface area (Å²) in [5, 5.41) is 2.69. The fourth-order valence-electron chi connectivity index (χ4n) is 1.65. The van der Waals surface area contributed by atoms with E-state index >= 15 is 0 Å². The summed E-state index contributed by atoms with van der Waals surface area (Å²) < 4.78 is 14.1. The van der Waals surface area contributed by atoms with Crippen LogP contribution in [0.5, 0.6) is 0 Å². The maximum Gasteiger partial charge on any atom is 0.257 e. The summed E-state index contributed by atoms with van der Waals surface area (Å²) in [4.78, 5) is 12.0. The molecule has 1 amide bonds. The highest BCUT2D eigenvalue weighted by molar-refractivity contribution is 9.10. The summed E-state index contributed by atoms with van der Waals surface area (Å²) >= 11 is 3.36. The number of amides is 1. The van der Waals surface area contributed by atoms with Crippen LogP contribution in [0.4, 0.5) is 15.8 Å². The van der Waals surface area contributed by atoms with E-state index in [0.717, 1.165) is 10.0 Å². The molecule has 0 atom stereocenters. The molecule has 3 N–H and O–H groups in total. The first-order valence-corrected chi connectivity index (χ1v) is 6.40. The predicted molar refractivity (Wildman–Crippen MR) is 77.6 cm³/mol. The van der Waals surface area contributed by atoms with E-state index in [4.69, 9.17) is 5.73 Å². The largest absolute Gasteiger partial charge is 0.396 e. The van der Waals surface area contributed by atoms with E-state index in [1.165, 1.54) is 18.2 Å². The van der Waals surface area contributed by atoms with Crippen LogP contribution in [0.15, 0.2) is 40.9 Å². The second kappa shape index (κ2) is 5.40. The highest BCUT2D eigenvalue weighted by Crippen LogP contribution is 2.25. The Morgan fingerprint density at radius 2 is 2.05 bits per heavy atom. The van der Waals surface area contributed by atoms with Crippen LogP contribution in [0.2, 0.25) is 0 Å². The van der Waals surface area contributed by atoms with Gasteiger partial charge in [-0.2, -0.15) is 0 Å². The number of nitrogen functional groups attached to an aromatic ring is 1. The molecule has 2 rings (SSSR count). The van der Waals surface area contributed by atoms with Crippen molar-refractivity contribution >= 4 is 33.2 Å². The number of hydrogen-bond acceptors (Lipinski definition) is 2. The van der Waals surface area contributed by atoms with E-state index in [0.29, 0.717) is 5.69 Å². The van der Waals surface area contributed by atoms with Crippen LogP contribution in [0.25, 0.3) is 0 Å². The standard InChI is InChI=1S/C14H12BrFN2O/c1-8-5-6-12(10(15)7-8)18-14(19)9-3-2-4-11(16)13(9)17/h2-7H,17H2,1H3,(H,18,19). The van der Waals surface area contributed by atoms with Gasteiger partial charge in [-0.15, -0.1) is 0 Å². The molecule has 0 aliphatic carbocycles. The van der Waals surface area contributed by atoms with E-state index in [2.05, 4.69) is 21.2 Å². The van der Waals surface area contributed by atoms with E-state index < -0.39 is 11.7 Å². The minimum absolute atomic E-state index is 0.118. The fraction of sp³-hybridized carbons (Fsp3) is 0.0714. The molecule has 0 unspecified atom stereocenters. The van der Waals surface area contributed by atoms with Gasteiger partial charge in [-0.25, -0.2) is 4.39 Å². The number of benzene rings is 2. The van der Waals surface area contributed by atoms with Crippen molar-refractivity contribution in [1.29, 1.82) is 0 Å². The Hall–Kier alpha value is -1.88. The maximum atomic E-state index is 13.3. The lowest BCUT2D eigenvalue weighted by atomic mass is 10.1. The number of hydrogen-bond donors (Lipinski definition) is 2. The van der Waals surface area contributed by atoms with Gasteiger partial charge in [0.25, 0.3) is 5.91 Å². The number of anilines is 2. The lowest BCUT2D eigenvalue weighted by molar-refractivity contribution is 0.102. The van der Waals surface area contributed by atoms with Crippen LogP contribution < -0.4 is 11.1 Å². The number of rotatable bonds is 2. The van der Waals surface area contributed by atoms with Crippen molar-refractivity contribution in [2.45, 2.75) is 6.92 Å². The molecule has 19 heavy (non-hydrogen) atoms. The summed E-state index contributed by atoms with van der Waals surface area (Å²) in [5.74, 6) is -1.04. The van der Waals surface area contributed by atoms with Gasteiger partial charge >= 0.3 is 0 Å². The molecule has 0 radical (unpaired) electrons. The molecule has 0 aliphatic heterocycles. The smallest absolute Gasteiger partial charge is 0.257 e. The number of carbonyl (C=O) groups is 1. The van der Waals surface area contributed by atoms with Gasteiger partial charge in [-0.1, -0.05) is 12.1 Å². The zero-order valence-electron chi connectivity index (χ0n) is 10.2. The van der Waals surface area contributed by atoms with Crippen LogP contribution in [0.3, 0.4) is 0 Å². The molecule has 0 aliphatic rings. The zero-order valence-corrected chi connectivity index (χ0v) is 11.8. The molecule has 0 heterocycles. The third-order valence-electron chi connectivity index (χ3n) is 2.67. The number of nitrogens with two attached hydrogens (primary N) is 1. The number of halogens is 2. The second-order valence-electron chi connectivity index (χ2n) is 4.14. The van der Waals surface area contributed by atoms with Crippen LogP contribution in [-0.2, 0) is 0 Å². The number of para-hydroxylation sites is 1.